The van der Waals surface area contributed by atoms with Crippen molar-refractivity contribution in [2.24, 2.45) is 5.92 Å². The molecule has 2 unspecified atom stereocenters. The molecule has 0 aromatic heterocycles. The van der Waals surface area contributed by atoms with Crippen molar-refractivity contribution >= 4 is 0 Å². The predicted octanol–water partition coefficient (Wildman–Crippen LogP) is 3.83. The summed E-state index contributed by atoms with van der Waals surface area (Å²) in [6.45, 7) is 6.78. The summed E-state index contributed by atoms with van der Waals surface area (Å²) in [5, 5.41) is 3.76. The number of benzene rings is 1. The topological polar surface area (TPSA) is 12.0 Å². The molecule has 0 heterocycles. The van der Waals surface area contributed by atoms with Crippen LogP contribution in [0.3, 0.4) is 0 Å². The molecule has 0 aliphatic heterocycles. The summed E-state index contributed by atoms with van der Waals surface area (Å²) in [6.07, 6.45) is 4.12. The Balaban J connectivity index is 1.97. The van der Waals surface area contributed by atoms with Gasteiger partial charge in [0.05, 0.1) is 0 Å². The second-order valence-electron chi connectivity index (χ2n) is 5.31. The van der Waals surface area contributed by atoms with E-state index in [-0.39, 0.29) is 0 Å². The first-order valence-electron chi connectivity index (χ1n) is 6.49. The van der Waals surface area contributed by atoms with E-state index in [1.54, 1.807) is 0 Å². The Morgan fingerprint density at radius 1 is 1.19 bits per heavy atom. The number of rotatable bonds is 3. The molecule has 3 atom stereocenters. The van der Waals surface area contributed by atoms with Gasteiger partial charge in [0.1, 0.15) is 0 Å². The highest BCUT2D eigenvalue weighted by molar-refractivity contribution is 5.23. The van der Waals surface area contributed by atoms with Crippen molar-refractivity contribution in [3.8, 4) is 0 Å². The van der Waals surface area contributed by atoms with Crippen LogP contribution in [-0.4, -0.2) is 6.04 Å². The third-order valence-corrected chi connectivity index (χ3v) is 3.90. The summed E-state index contributed by atoms with van der Waals surface area (Å²) < 4.78 is 0. The van der Waals surface area contributed by atoms with Gasteiger partial charge in [0, 0.05) is 12.1 Å². The Kier molecular flexibility index (Phi) is 3.65. The third kappa shape index (κ3) is 2.65. The smallest absolute Gasteiger partial charge is 0.0294 e. The van der Waals surface area contributed by atoms with E-state index in [1.807, 2.05) is 0 Å². The molecular formula is C15H23N. The first-order chi connectivity index (χ1) is 7.66. The second kappa shape index (κ2) is 5.01. The van der Waals surface area contributed by atoms with E-state index in [1.165, 1.54) is 30.4 Å². The van der Waals surface area contributed by atoms with Crippen LogP contribution >= 0.6 is 0 Å². The lowest BCUT2D eigenvalue weighted by Gasteiger charge is -2.23. The molecule has 0 spiro atoms. The van der Waals surface area contributed by atoms with Gasteiger partial charge in [-0.05, 0) is 38.2 Å². The lowest BCUT2D eigenvalue weighted by atomic mass is 10.0. The predicted molar refractivity (Wildman–Crippen MR) is 69.5 cm³/mol. The van der Waals surface area contributed by atoms with Gasteiger partial charge in [-0.15, -0.1) is 0 Å². The minimum absolute atomic E-state index is 0.478. The number of hydrogen-bond acceptors (Lipinski definition) is 1. The van der Waals surface area contributed by atoms with Crippen LogP contribution < -0.4 is 5.32 Å². The fourth-order valence-corrected chi connectivity index (χ4v) is 2.67. The molecule has 1 aliphatic rings. The zero-order chi connectivity index (χ0) is 11.5. The third-order valence-electron chi connectivity index (χ3n) is 3.90. The SMILES string of the molecule is Cc1ccc([C@H](C)NC2CCCC2C)cc1. The van der Waals surface area contributed by atoms with Gasteiger partial charge in [0.2, 0.25) is 0 Å². The molecule has 2 rings (SSSR count). The van der Waals surface area contributed by atoms with Crippen LogP contribution in [-0.2, 0) is 0 Å². The first kappa shape index (κ1) is 11.7. The minimum atomic E-state index is 0.478. The van der Waals surface area contributed by atoms with Crippen molar-refractivity contribution < 1.29 is 0 Å². The summed E-state index contributed by atoms with van der Waals surface area (Å²) in [4.78, 5) is 0. The summed E-state index contributed by atoms with van der Waals surface area (Å²) in [5.74, 6) is 0.841. The summed E-state index contributed by atoms with van der Waals surface area (Å²) in [6, 6.07) is 10.1. The van der Waals surface area contributed by atoms with Crippen molar-refractivity contribution in [1.29, 1.82) is 0 Å². The highest BCUT2D eigenvalue weighted by Gasteiger charge is 2.24. The standard InChI is InChI=1S/C15H23N/c1-11-7-9-14(10-8-11)13(3)16-15-6-4-5-12(15)2/h7-10,12-13,15-16H,4-6H2,1-3H3/t12?,13-,15?/m0/s1. The number of nitrogens with one attached hydrogen (secondary N) is 1. The van der Waals surface area contributed by atoms with Gasteiger partial charge in [-0.1, -0.05) is 43.2 Å². The van der Waals surface area contributed by atoms with E-state index in [0.29, 0.717) is 6.04 Å². The first-order valence-corrected chi connectivity index (χ1v) is 6.49. The molecule has 1 heteroatoms. The van der Waals surface area contributed by atoms with Crippen LogP contribution in [0.15, 0.2) is 24.3 Å². The zero-order valence-electron chi connectivity index (χ0n) is 10.7. The Hall–Kier alpha value is -0.820. The minimum Gasteiger partial charge on any atom is -0.307 e. The van der Waals surface area contributed by atoms with E-state index in [0.717, 1.165) is 12.0 Å². The largest absolute Gasteiger partial charge is 0.307 e. The molecule has 0 radical (unpaired) electrons. The molecular weight excluding hydrogens is 194 g/mol. The number of hydrogen-bond donors (Lipinski definition) is 1. The molecule has 0 amide bonds. The van der Waals surface area contributed by atoms with Crippen molar-refractivity contribution in [2.45, 2.75) is 52.1 Å². The second-order valence-corrected chi connectivity index (χ2v) is 5.31. The summed E-state index contributed by atoms with van der Waals surface area (Å²) in [5.41, 5.74) is 2.75. The molecule has 1 aliphatic carbocycles. The fourth-order valence-electron chi connectivity index (χ4n) is 2.67. The molecule has 16 heavy (non-hydrogen) atoms. The molecule has 1 fully saturated rings. The Bertz CT molecular complexity index is 328. The zero-order valence-corrected chi connectivity index (χ0v) is 10.7. The number of aryl methyl sites for hydroxylation is 1. The average Bonchev–Trinajstić information content (AvgIpc) is 2.65. The molecule has 88 valence electrons. The lowest BCUT2D eigenvalue weighted by Crippen LogP contribution is -2.33. The van der Waals surface area contributed by atoms with Crippen LogP contribution in [0.5, 0.6) is 0 Å². The van der Waals surface area contributed by atoms with Gasteiger partial charge >= 0.3 is 0 Å². The van der Waals surface area contributed by atoms with E-state index in [4.69, 9.17) is 0 Å². The Morgan fingerprint density at radius 2 is 1.88 bits per heavy atom. The molecule has 0 bridgehead atoms. The average molecular weight is 217 g/mol. The maximum Gasteiger partial charge on any atom is 0.0294 e. The molecule has 0 saturated heterocycles. The Morgan fingerprint density at radius 3 is 2.44 bits per heavy atom. The van der Waals surface area contributed by atoms with Crippen molar-refractivity contribution in [3.63, 3.8) is 0 Å². The van der Waals surface area contributed by atoms with Gasteiger partial charge in [-0.2, -0.15) is 0 Å². The lowest BCUT2D eigenvalue weighted by molar-refractivity contribution is 0.388. The van der Waals surface area contributed by atoms with Crippen LogP contribution in [0.4, 0.5) is 0 Å². The fraction of sp³-hybridized carbons (Fsp3) is 0.600. The normalized spacial score (nSPS) is 26.9. The maximum absolute atomic E-state index is 3.76. The quantitative estimate of drug-likeness (QED) is 0.811. The molecule has 1 saturated carbocycles. The van der Waals surface area contributed by atoms with E-state index < -0.39 is 0 Å². The maximum atomic E-state index is 3.76. The monoisotopic (exact) mass is 217 g/mol. The van der Waals surface area contributed by atoms with Crippen molar-refractivity contribution in [2.75, 3.05) is 0 Å². The van der Waals surface area contributed by atoms with Gasteiger partial charge < -0.3 is 5.32 Å². The van der Waals surface area contributed by atoms with Gasteiger partial charge in [-0.25, -0.2) is 0 Å². The van der Waals surface area contributed by atoms with Gasteiger partial charge in [0.15, 0.2) is 0 Å². The molecule has 1 aromatic rings. The van der Waals surface area contributed by atoms with E-state index in [9.17, 15) is 0 Å². The summed E-state index contributed by atoms with van der Waals surface area (Å²) >= 11 is 0. The Labute approximate surface area is 99.3 Å². The van der Waals surface area contributed by atoms with Crippen molar-refractivity contribution in [3.05, 3.63) is 35.4 Å². The van der Waals surface area contributed by atoms with Gasteiger partial charge in [0.25, 0.3) is 0 Å². The van der Waals surface area contributed by atoms with E-state index in [2.05, 4.69) is 50.4 Å². The highest BCUT2D eigenvalue weighted by Crippen LogP contribution is 2.27. The van der Waals surface area contributed by atoms with Crippen LogP contribution in [0.1, 0.15) is 50.3 Å². The molecule has 1 N–H and O–H groups in total. The molecule has 1 aromatic carbocycles. The van der Waals surface area contributed by atoms with Crippen LogP contribution in [0.25, 0.3) is 0 Å². The molecule has 1 nitrogen and oxygen atoms in total. The van der Waals surface area contributed by atoms with E-state index >= 15 is 0 Å². The summed E-state index contributed by atoms with van der Waals surface area (Å²) in [7, 11) is 0. The van der Waals surface area contributed by atoms with Crippen LogP contribution in [0.2, 0.25) is 0 Å². The van der Waals surface area contributed by atoms with Crippen molar-refractivity contribution in [1.82, 2.24) is 5.32 Å². The van der Waals surface area contributed by atoms with Crippen LogP contribution in [0, 0.1) is 12.8 Å². The highest BCUT2D eigenvalue weighted by atomic mass is 15.0. The van der Waals surface area contributed by atoms with Gasteiger partial charge in [-0.3, -0.25) is 0 Å².